The number of piperazine rings is 1. The first-order valence-electron chi connectivity index (χ1n) is 12.8. The fourth-order valence-corrected chi connectivity index (χ4v) is 4.62. The lowest BCUT2D eigenvalue weighted by Crippen LogP contribution is -2.50. The summed E-state index contributed by atoms with van der Waals surface area (Å²) in [7, 11) is 0. The van der Waals surface area contributed by atoms with Crippen molar-refractivity contribution >= 4 is 5.91 Å². The molecule has 4 nitrogen and oxygen atoms in total. The average Bonchev–Trinajstić information content (AvgIpc) is 3.51. The van der Waals surface area contributed by atoms with E-state index in [-0.39, 0.29) is 5.41 Å². The van der Waals surface area contributed by atoms with Crippen LogP contribution in [0.3, 0.4) is 0 Å². The largest absolute Gasteiger partial charge is 0.396 e. The molecule has 2 fully saturated rings. The molecule has 1 heterocycles. The molecular weight excluding hydrogens is 360 g/mol. The molecule has 1 saturated heterocycles. The normalized spacial score (nSPS) is 18.9. The number of amides is 1. The van der Waals surface area contributed by atoms with Gasteiger partial charge in [-0.3, -0.25) is 9.69 Å². The number of aliphatic hydroxyl groups excluding tert-OH is 1. The summed E-state index contributed by atoms with van der Waals surface area (Å²) < 4.78 is 0. The molecule has 0 bridgehead atoms. The van der Waals surface area contributed by atoms with Crippen molar-refractivity contribution in [1.29, 1.82) is 0 Å². The zero-order valence-corrected chi connectivity index (χ0v) is 19.3. The zero-order chi connectivity index (χ0) is 20.8. The maximum atomic E-state index is 12.4. The van der Waals surface area contributed by atoms with Crippen molar-refractivity contribution in [2.45, 2.75) is 110 Å². The molecule has 1 amide bonds. The van der Waals surface area contributed by atoms with Crippen LogP contribution >= 0.6 is 0 Å². The Balaban J connectivity index is 1.36. The molecule has 0 atom stereocenters. The van der Waals surface area contributed by atoms with Crippen LogP contribution in [0, 0.1) is 5.41 Å². The molecule has 0 radical (unpaired) electrons. The van der Waals surface area contributed by atoms with Gasteiger partial charge in [0.25, 0.3) is 0 Å². The summed E-state index contributed by atoms with van der Waals surface area (Å²) in [4.78, 5) is 16.9. The molecule has 4 heteroatoms. The van der Waals surface area contributed by atoms with Gasteiger partial charge < -0.3 is 10.0 Å². The van der Waals surface area contributed by atoms with Crippen molar-refractivity contribution in [3.63, 3.8) is 0 Å². The van der Waals surface area contributed by atoms with Gasteiger partial charge in [0, 0.05) is 51.2 Å². The van der Waals surface area contributed by atoms with Gasteiger partial charge in [-0.05, 0) is 19.3 Å². The van der Waals surface area contributed by atoms with Gasteiger partial charge in [-0.2, -0.15) is 0 Å². The summed E-state index contributed by atoms with van der Waals surface area (Å²) in [5.41, 5.74) is 0.195. The number of unbranched alkanes of at least 4 members (excludes halogenated alkanes) is 12. The number of carbonyl (C=O) groups is 1. The highest BCUT2D eigenvalue weighted by Crippen LogP contribution is 2.45. The fourth-order valence-electron chi connectivity index (χ4n) is 4.62. The molecule has 1 saturated carbocycles. The Morgan fingerprint density at radius 2 is 1.24 bits per heavy atom. The van der Waals surface area contributed by atoms with Gasteiger partial charge in [0.05, 0.1) is 0 Å². The molecule has 0 aromatic heterocycles. The highest BCUT2D eigenvalue weighted by atomic mass is 16.3. The molecule has 2 aliphatic rings. The molecule has 2 rings (SSSR count). The molecule has 1 N–H and O–H groups in total. The van der Waals surface area contributed by atoms with Crippen molar-refractivity contribution in [1.82, 2.24) is 9.80 Å². The van der Waals surface area contributed by atoms with Crippen molar-refractivity contribution in [3.05, 3.63) is 0 Å². The van der Waals surface area contributed by atoms with Gasteiger partial charge >= 0.3 is 0 Å². The van der Waals surface area contributed by atoms with Gasteiger partial charge in [-0.1, -0.05) is 84.0 Å². The van der Waals surface area contributed by atoms with Gasteiger partial charge in [-0.25, -0.2) is 0 Å². The van der Waals surface area contributed by atoms with Crippen LogP contribution in [0.1, 0.15) is 110 Å². The minimum atomic E-state index is 0.195. The summed E-state index contributed by atoms with van der Waals surface area (Å²) in [6.45, 7) is 7.33. The summed E-state index contributed by atoms with van der Waals surface area (Å²) in [6.07, 6.45) is 20.6. The van der Waals surface area contributed by atoms with E-state index in [1.807, 2.05) is 0 Å². The fraction of sp³-hybridized carbons (Fsp3) is 0.960. The Kier molecular flexibility index (Phi) is 12.2. The minimum absolute atomic E-state index is 0.195. The summed E-state index contributed by atoms with van der Waals surface area (Å²) in [5, 5.41) is 9.48. The highest BCUT2D eigenvalue weighted by molar-refractivity contribution is 5.76. The van der Waals surface area contributed by atoms with Crippen LogP contribution in [0.5, 0.6) is 0 Å². The zero-order valence-electron chi connectivity index (χ0n) is 19.3. The second kappa shape index (κ2) is 14.4. The lowest BCUT2D eigenvalue weighted by Gasteiger charge is -2.36. The maximum absolute atomic E-state index is 12.4. The summed E-state index contributed by atoms with van der Waals surface area (Å²) >= 11 is 0. The van der Waals surface area contributed by atoms with Crippen molar-refractivity contribution in [2.24, 2.45) is 5.41 Å². The number of hydrogen-bond donors (Lipinski definition) is 1. The van der Waals surface area contributed by atoms with Crippen LogP contribution in [-0.2, 0) is 4.79 Å². The third kappa shape index (κ3) is 10.3. The molecule has 1 aliphatic heterocycles. The number of aliphatic hydroxyl groups is 1. The first-order valence-corrected chi connectivity index (χ1v) is 12.8. The summed E-state index contributed by atoms with van der Waals surface area (Å²) in [5.74, 6) is 0.357. The average molecular weight is 409 g/mol. The van der Waals surface area contributed by atoms with E-state index in [1.165, 1.54) is 89.9 Å². The van der Waals surface area contributed by atoms with E-state index < -0.39 is 0 Å². The molecule has 1 aliphatic carbocycles. The number of nitrogens with zero attached hydrogens (tertiary/aromatic N) is 2. The molecule has 29 heavy (non-hydrogen) atoms. The molecule has 0 spiro atoms. The Labute approximate surface area is 180 Å². The van der Waals surface area contributed by atoms with Crippen molar-refractivity contribution in [3.8, 4) is 0 Å². The Hall–Kier alpha value is -0.610. The van der Waals surface area contributed by atoms with E-state index in [9.17, 15) is 9.90 Å². The monoisotopic (exact) mass is 408 g/mol. The van der Waals surface area contributed by atoms with Crippen LogP contribution in [0.15, 0.2) is 0 Å². The van der Waals surface area contributed by atoms with Crippen LogP contribution in [0.4, 0.5) is 0 Å². The predicted octanol–water partition coefficient (Wildman–Crippen LogP) is 5.38. The van der Waals surface area contributed by atoms with Crippen LogP contribution in [0.25, 0.3) is 0 Å². The summed E-state index contributed by atoms with van der Waals surface area (Å²) in [6, 6.07) is 0. The predicted molar refractivity (Wildman–Crippen MR) is 122 cm³/mol. The number of rotatable bonds is 17. The molecule has 0 aromatic carbocycles. The van der Waals surface area contributed by atoms with Gasteiger partial charge in [0.2, 0.25) is 5.91 Å². The van der Waals surface area contributed by atoms with E-state index >= 15 is 0 Å². The van der Waals surface area contributed by atoms with Crippen LogP contribution in [-0.4, -0.2) is 60.1 Å². The van der Waals surface area contributed by atoms with Gasteiger partial charge in [0.15, 0.2) is 0 Å². The maximum Gasteiger partial charge on any atom is 0.222 e. The topological polar surface area (TPSA) is 43.8 Å². The third-order valence-corrected chi connectivity index (χ3v) is 7.07. The lowest BCUT2D eigenvalue weighted by atomic mass is 10.0. The Morgan fingerprint density at radius 1 is 0.759 bits per heavy atom. The highest BCUT2D eigenvalue weighted by Gasteiger charge is 2.43. The Morgan fingerprint density at radius 3 is 1.69 bits per heavy atom. The van der Waals surface area contributed by atoms with Crippen LogP contribution < -0.4 is 0 Å². The van der Waals surface area contributed by atoms with Crippen molar-refractivity contribution < 1.29 is 9.90 Å². The first-order chi connectivity index (χ1) is 14.2. The molecule has 0 unspecified atom stereocenters. The molecule has 170 valence electrons. The smallest absolute Gasteiger partial charge is 0.222 e. The van der Waals surface area contributed by atoms with E-state index in [0.717, 1.165) is 45.6 Å². The standard InChI is InChI=1S/C25H48N2O2/c1-2-3-4-5-6-7-8-9-10-11-12-13-14-15-24(29)27-20-18-26(19-21-27)22-25(23-28)16-17-25/h28H,2-23H2,1H3. The van der Waals surface area contributed by atoms with Gasteiger partial charge in [0.1, 0.15) is 0 Å². The molecular formula is C25H48N2O2. The van der Waals surface area contributed by atoms with E-state index in [2.05, 4.69) is 16.7 Å². The van der Waals surface area contributed by atoms with E-state index in [0.29, 0.717) is 12.5 Å². The van der Waals surface area contributed by atoms with Gasteiger partial charge in [-0.15, -0.1) is 0 Å². The van der Waals surface area contributed by atoms with Crippen LogP contribution in [0.2, 0.25) is 0 Å². The second-order valence-electron chi connectivity index (χ2n) is 9.81. The number of carbonyl (C=O) groups excluding carboxylic acids is 1. The number of hydrogen-bond acceptors (Lipinski definition) is 3. The van der Waals surface area contributed by atoms with Crippen molar-refractivity contribution in [2.75, 3.05) is 39.3 Å². The quantitative estimate of drug-likeness (QED) is 0.328. The second-order valence-corrected chi connectivity index (χ2v) is 9.81. The van der Waals surface area contributed by atoms with E-state index in [1.54, 1.807) is 0 Å². The lowest BCUT2D eigenvalue weighted by molar-refractivity contribution is -0.133. The molecule has 0 aromatic rings. The SMILES string of the molecule is CCCCCCCCCCCCCCCC(=O)N1CCN(CC2(CO)CC2)CC1. The minimum Gasteiger partial charge on any atom is -0.396 e. The first kappa shape index (κ1) is 24.7. The third-order valence-electron chi connectivity index (χ3n) is 7.07. The Bertz CT molecular complexity index is 429. The van der Waals surface area contributed by atoms with E-state index in [4.69, 9.17) is 0 Å².